The number of aromatic nitrogens is 1. The predicted octanol–water partition coefficient (Wildman–Crippen LogP) is 1.49. The highest BCUT2D eigenvalue weighted by atomic mass is 16.5. The maximum Gasteiger partial charge on any atom is 0.325 e. The largest absolute Gasteiger partial charge is 0.465 e. The van der Waals surface area contributed by atoms with Gasteiger partial charge in [0.2, 0.25) is 0 Å². The summed E-state index contributed by atoms with van der Waals surface area (Å²) in [5.74, 6) is 0.415. The molecule has 0 spiro atoms. The van der Waals surface area contributed by atoms with E-state index >= 15 is 0 Å². The summed E-state index contributed by atoms with van der Waals surface area (Å²) >= 11 is 0. The summed E-state index contributed by atoms with van der Waals surface area (Å²) in [5, 5.41) is 8.84. The lowest BCUT2D eigenvalue weighted by molar-refractivity contribution is -0.141. The topological polar surface area (TPSA) is 66.2 Å². The van der Waals surface area contributed by atoms with E-state index < -0.39 is 0 Å². The van der Waals surface area contributed by atoms with E-state index in [2.05, 4.69) is 4.98 Å². The van der Waals surface area contributed by atoms with Crippen molar-refractivity contribution in [3.8, 4) is 6.07 Å². The van der Waals surface area contributed by atoms with Crippen LogP contribution in [0.3, 0.4) is 0 Å². The molecule has 1 aliphatic carbocycles. The van der Waals surface area contributed by atoms with Gasteiger partial charge < -0.3 is 9.64 Å². The van der Waals surface area contributed by atoms with Gasteiger partial charge in [-0.1, -0.05) is 6.07 Å². The van der Waals surface area contributed by atoms with Crippen molar-refractivity contribution in [2.45, 2.75) is 25.8 Å². The fourth-order valence-electron chi connectivity index (χ4n) is 1.77. The van der Waals surface area contributed by atoms with Crippen LogP contribution in [0.1, 0.15) is 25.5 Å². The Morgan fingerprint density at radius 3 is 3.00 bits per heavy atom. The average molecular weight is 245 g/mol. The van der Waals surface area contributed by atoms with E-state index in [0.717, 1.165) is 12.8 Å². The molecule has 1 aromatic heterocycles. The first-order valence-corrected chi connectivity index (χ1v) is 6.04. The van der Waals surface area contributed by atoms with Crippen LogP contribution in [0, 0.1) is 11.3 Å². The zero-order chi connectivity index (χ0) is 13.0. The summed E-state index contributed by atoms with van der Waals surface area (Å²) in [5.41, 5.74) is 0.363. The van der Waals surface area contributed by atoms with Crippen molar-refractivity contribution in [2.24, 2.45) is 0 Å². The zero-order valence-electron chi connectivity index (χ0n) is 10.3. The average Bonchev–Trinajstić information content (AvgIpc) is 3.20. The molecule has 18 heavy (non-hydrogen) atoms. The summed E-state index contributed by atoms with van der Waals surface area (Å²) in [7, 11) is 0. The van der Waals surface area contributed by atoms with E-state index in [4.69, 9.17) is 10.00 Å². The second-order valence-corrected chi connectivity index (χ2v) is 4.16. The molecule has 0 amide bonds. The lowest BCUT2D eigenvalue weighted by Crippen LogP contribution is -2.33. The molecule has 5 nitrogen and oxygen atoms in total. The summed E-state index contributed by atoms with van der Waals surface area (Å²) in [4.78, 5) is 17.7. The molecule has 0 aromatic carbocycles. The Morgan fingerprint density at radius 2 is 2.39 bits per heavy atom. The van der Waals surface area contributed by atoms with Gasteiger partial charge in [-0.15, -0.1) is 0 Å². The normalized spacial score (nSPS) is 13.8. The molecule has 0 bridgehead atoms. The number of hydrogen-bond acceptors (Lipinski definition) is 5. The molecule has 94 valence electrons. The number of carbonyl (C=O) groups is 1. The van der Waals surface area contributed by atoms with Gasteiger partial charge in [0.15, 0.2) is 0 Å². The summed E-state index contributed by atoms with van der Waals surface area (Å²) < 4.78 is 4.95. The highest BCUT2D eigenvalue weighted by Crippen LogP contribution is 2.30. The van der Waals surface area contributed by atoms with Gasteiger partial charge in [0.1, 0.15) is 24.1 Å². The third-order valence-corrected chi connectivity index (χ3v) is 2.74. The molecule has 0 atom stereocenters. The van der Waals surface area contributed by atoms with Gasteiger partial charge in [-0.3, -0.25) is 4.79 Å². The lowest BCUT2D eigenvalue weighted by atomic mass is 10.3. The predicted molar refractivity (Wildman–Crippen MR) is 66.0 cm³/mol. The van der Waals surface area contributed by atoms with Crippen molar-refractivity contribution in [3.05, 3.63) is 23.9 Å². The Balaban J connectivity index is 2.14. The maximum atomic E-state index is 11.6. The summed E-state index contributed by atoms with van der Waals surface area (Å²) in [6, 6.07) is 7.60. The van der Waals surface area contributed by atoms with E-state index in [1.54, 1.807) is 19.1 Å². The van der Waals surface area contributed by atoms with Crippen LogP contribution in [-0.2, 0) is 9.53 Å². The third-order valence-electron chi connectivity index (χ3n) is 2.74. The SMILES string of the molecule is CCOC(=O)CN(c1cccc(C#N)n1)C1CC1. The quantitative estimate of drug-likeness (QED) is 0.735. The fraction of sp³-hybridized carbons (Fsp3) is 0.462. The summed E-state index contributed by atoms with van der Waals surface area (Å²) in [6.45, 7) is 2.36. The van der Waals surface area contributed by atoms with Crippen LogP contribution in [-0.4, -0.2) is 30.1 Å². The van der Waals surface area contributed by atoms with Gasteiger partial charge in [-0.25, -0.2) is 4.98 Å². The number of anilines is 1. The Bertz CT molecular complexity index is 477. The third kappa shape index (κ3) is 2.98. The molecule has 1 heterocycles. The molecule has 0 saturated heterocycles. The molecule has 1 aliphatic rings. The van der Waals surface area contributed by atoms with Crippen LogP contribution < -0.4 is 4.90 Å². The molecule has 1 saturated carbocycles. The molecular weight excluding hydrogens is 230 g/mol. The van der Waals surface area contributed by atoms with E-state index in [1.807, 2.05) is 17.0 Å². The number of nitrogens with zero attached hydrogens (tertiary/aromatic N) is 3. The van der Waals surface area contributed by atoms with Crippen molar-refractivity contribution >= 4 is 11.8 Å². The number of pyridine rings is 1. The van der Waals surface area contributed by atoms with E-state index in [-0.39, 0.29) is 12.5 Å². The molecule has 2 rings (SSSR count). The first-order valence-electron chi connectivity index (χ1n) is 6.04. The number of rotatable bonds is 5. The van der Waals surface area contributed by atoms with Crippen molar-refractivity contribution in [1.82, 2.24) is 4.98 Å². The Labute approximate surface area is 106 Å². The van der Waals surface area contributed by atoms with Gasteiger partial charge in [-0.2, -0.15) is 5.26 Å². The molecular formula is C13H15N3O2. The Hall–Kier alpha value is -2.09. The standard InChI is InChI=1S/C13H15N3O2/c1-2-18-13(17)9-16(11-6-7-11)12-5-3-4-10(8-14)15-12/h3-5,11H,2,6-7,9H2,1H3. The van der Waals surface area contributed by atoms with Crippen LogP contribution in [0.4, 0.5) is 5.82 Å². The highest BCUT2D eigenvalue weighted by molar-refractivity contribution is 5.75. The van der Waals surface area contributed by atoms with Crippen molar-refractivity contribution in [3.63, 3.8) is 0 Å². The molecule has 0 unspecified atom stereocenters. The Morgan fingerprint density at radius 1 is 1.61 bits per heavy atom. The molecule has 1 fully saturated rings. The lowest BCUT2D eigenvalue weighted by Gasteiger charge is -2.22. The van der Waals surface area contributed by atoms with Gasteiger partial charge >= 0.3 is 5.97 Å². The van der Waals surface area contributed by atoms with Gasteiger partial charge in [0, 0.05) is 6.04 Å². The molecule has 0 aliphatic heterocycles. The van der Waals surface area contributed by atoms with Crippen molar-refractivity contribution < 1.29 is 9.53 Å². The van der Waals surface area contributed by atoms with Crippen LogP contribution in [0.25, 0.3) is 0 Å². The number of esters is 1. The molecule has 0 N–H and O–H groups in total. The zero-order valence-corrected chi connectivity index (χ0v) is 10.3. The molecule has 1 aromatic rings. The second-order valence-electron chi connectivity index (χ2n) is 4.16. The van der Waals surface area contributed by atoms with Gasteiger partial charge in [-0.05, 0) is 31.9 Å². The Kier molecular flexibility index (Phi) is 3.78. The van der Waals surface area contributed by atoms with Crippen LogP contribution >= 0.6 is 0 Å². The number of ether oxygens (including phenoxy) is 1. The second kappa shape index (κ2) is 5.50. The smallest absolute Gasteiger partial charge is 0.325 e. The van der Waals surface area contributed by atoms with Gasteiger partial charge in [0.25, 0.3) is 0 Å². The van der Waals surface area contributed by atoms with Crippen molar-refractivity contribution in [2.75, 3.05) is 18.1 Å². The maximum absolute atomic E-state index is 11.6. The highest BCUT2D eigenvalue weighted by Gasteiger charge is 2.31. The van der Waals surface area contributed by atoms with Gasteiger partial charge in [0.05, 0.1) is 6.61 Å². The number of carbonyl (C=O) groups excluding carboxylic acids is 1. The van der Waals surface area contributed by atoms with Crippen molar-refractivity contribution in [1.29, 1.82) is 5.26 Å². The minimum atomic E-state index is -0.256. The van der Waals surface area contributed by atoms with Crippen LogP contribution in [0.15, 0.2) is 18.2 Å². The van der Waals surface area contributed by atoms with E-state index in [9.17, 15) is 4.79 Å². The molecule has 0 radical (unpaired) electrons. The van der Waals surface area contributed by atoms with E-state index in [1.165, 1.54) is 0 Å². The van der Waals surface area contributed by atoms with Crippen LogP contribution in [0.2, 0.25) is 0 Å². The van der Waals surface area contributed by atoms with Crippen LogP contribution in [0.5, 0.6) is 0 Å². The monoisotopic (exact) mass is 245 g/mol. The first kappa shape index (κ1) is 12.4. The number of nitriles is 1. The first-order chi connectivity index (χ1) is 8.74. The fourth-order valence-corrected chi connectivity index (χ4v) is 1.77. The summed E-state index contributed by atoms with van der Waals surface area (Å²) in [6.07, 6.45) is 2.11. The minimum absolute atomic E-state index is 0.195. The van der Waals surface area contributed by atoms with E-state index in [0.29, 0.717) is 24.2 Å². The molecule has 5 heteroatoms. The minimum Gasteiger partial charge on any atom is -0.465 e. The number of hydrogen-bond donors (Lipinski definition) is 0.